The first kappa shape index (κ1) is 31.7. The molecule has 4 aliphatic rings. The van der Waals surface area contributed by atoms with Crippen LogP contribution in [-0.4, -0.2) is 81.6 Å². The van der Waals surface area contributed by atoms with Crippen molar-refractivity contribution in [3.05, 3.63) is 96.1 Å². The van der Waals surface area contributed by atoms with Crippen LogP contribution in [0.5, 0.6) is 0 Å². The first-order chi connectivity index (χ1) is 22.1. The van der Waals surface area contributed by atoms with Gasteiger partial charge in [0.1, 0.15) is 23.7 Å². The Morgan fingerprint density at radius 2 is 1.67 bits per heavy atom. The molecule has 7 atom stereocenters. The Balaban J connectivity index is 1.47. The molecule has 0 unspecified atom stereocenters. The fourth-order valence-electron chi connectivity index (χ4n) is 7.29. The lowest BCUT2D eigenvalue weighted by Gasteiger charge is -2.43. The molecule has 0 aromatic heterocycles. The van der Waals surface area contributed by atoms with E-state index in [1.165, 1.54) is 4.90 Å². The average Bonchev–Trinajstić information content (AvgIpc) is 3.68. The summed E-state index contributed by atoms with van der Waals surface area (Å²) in [6.45, 7) is 5.60. The van der Waals surface area contributed by atoms with Gasteiger partial charge in [-0.05, 0) is 38.3 Å². The number of carbonyl (C=O) groups is 4. The summed E-state index contributed by atoms with van der Waals surface area (Å²) in [7, 11) is 0. The SMILES string of the molecule is CC(C)(C)N1C/C=C\CCC(=O)NC[C@H](c2ccccc2)OC(=O)[C@@H]2[C@H]3C(=O)N([C@H](CO)c4ccccc4)[C@H](C1=O)[C@]31C=C[C@H]2O1. The molecule has 0 radical (unpaired) electrons. The van der Waals surface area contributed by atoms with Crippen LogP contribution in [0.3, 0.4) is 0 Å². The quantitative estimate of drug-likeness (QED) is 0.394. The number of carbonyl (C=O) groups excluding carboxylic acids is 4. The first-order valence-corrected chi connectivity index (χ1v) is 15.9. The number of hydrogen-bond donors (Lipinski definition) is 2. The fourth-order valence-corrected chi connectivity index (χ4v) is 7.29. The summed E-state index contributed by atoms with van der Waals surface area (Å²) in [5.41, 5.74) is -0.744. The molecule has 0 saturated carbocycles. The summed E-state index contributed by atoms with van der Waals surface area (Å²) in [5.74, 6) is -3.74. The molecule has 2 aromatic rings. The number of esters is 1. The molecule has 4 heterocycles. The lowest BCUT2D eigenvalue weighted by atomic mass is 9.74. The second-order valence-electron chi connectivity index (χ2n) is 13.3. The average molecular weight is 628 g/mol. The molecule has 10 nitrogen and oxygen atoms in total. The van der Waals surface area contributed by atoms with Gasteiger partial charge in [0, 0.05) is 18.5 Å². The van der Waals surface area contributed by atoms with E-state index in [9.17, 15) is 24.3 Å². The molecule has 2 fully saturated rings. The molecule has 4 aliphatic heterocycles. The molecule has 1 spiro atoms. The monoisotopic (exact) mass is 627 g/mol. The van der Waals surface area contributed by atoms with Gasteiger partial charge in [0.25, 0.3) is 0 Å². The predicted octanol–water partition coefficient (Wildman–Crippen LogP) is 3.25. The zero-order valence-electron chi connectivity index (χ0n) is 26.4. The number of allylic oxidation sites excluding steroid dienone is 1. The van der Waals surface area contributed by atoms with Gasteiger partial charge in [0.05, 0.1) is 31.2 Å². The maximum atomic E-state index is 14.9. The van der Waals surface area contributed by atoms with Crippen LogP contribution in [-0.2, 0) is 28.7 Å². The first-order valence-electron chi connectivity index (χ1n) is 15.9. The number of rotatable bonds is 4. The van der Waals surface area contributed by atoms with Crippen LogP contribution in [0.15, 0.2) is 85.0 Å². The number of nitrogens with one attached hydrogen (secondary N) is 1. The summed E-state index contributed by atoms with van der Waals surface area (Å²) in [6.07, 6.45) is 6.31. The summed E-state index contributed by atoms with van der Waals surface area (Å²) >= 11 is 0. The summed E-state index contributed by atoms with van der Waals surface area (Å²) in [5, 5.41) is 13.6. The van der Waals surface area contributed by atoms with Crippen LogP contribution >= 0.6 is 0 Å². The minimum atomic E-state index is -1.44. The molecule has 242 valence electrons. The van der Waals surface area contributed by atoms with Crippen molar-refractivity contribution >= 4 is 23.7 Å². The van der Waals surface area contributed by atoms with Crippen LogP contribution < -0.4 is 5.32 Å². The van der Waals surface area contributed by atoms with Gasteiger partial charge in [0.2, 0.25) is 17.7 Å². The molecule has 6 rings (SSSR count). The number of aliphatic hydroxyl groups is 1. The molecule has 0 aliphatic carbocycles. The number of likely N-dealkylation sites (tertiary alicyclic amines) is 1. The Labute approximate surface area is 269 Å². The number of benzene rings is 2. The summed E-state index contributed by atoms with van der Waals surface area (Å²) < 4.78 is 12.7. The van der Waals surface area contributed by atoms with E-state index in [-0.39, 0.29) is 31.3 Å². The lowest BCUT2D eigenvalue weighted by Crippen LogP contribution is -2.60. The van der Waals surface area contributed by atoms with E-state index in [4.69, 9.17) is 9.47 Å². The van der Waals surface area contributed by atoms with Crippen molar-refractivity contribution in [3.63, 3.8) is 0 Å². The second-order valence-corrected chi connectivity index (χ2v) is 13.3. The summed E-state index contributed by atoms with van der Waals surface area (Å²) in [6, 6.07) is 16.2. The topological polar surface area (TPSA) is 125 Å². The number of fused-ring (bicyclic) bond motifs is 2. The molecule has 10 heteroatoms. The molecule has 46 heavy (non-hydrogen) atoms. The minimum absolute atomic E-state index is 0.0573. The van der Waals surface area contributed by atoms with Gasteiger partial charge >= 0.3 is 5.97 Å². The number of cyclic esters (lactones) is 1. The zero-order chi connectivity index (χ0) is 32.6. The van der Waals surface area contributed by atoms with E-state index < -0.39 is 65.8 Å². The standard InChI is InChI=1S/C36H41N3O7/c1-35(2,3)38-20-12-6-11-17-28(41)37-21-27(24-15-9-5-10-16-24)45-34(44)29-26-18-19-36(46-26)30(29)32(42)39(31(36)33(38)43)25(22-40)23-13-7-4-8-14-23/h4-10,12-16,18-19,25-27,29-31,40H,11,17,20-22H2,1-3H3,(H,37,41)/b12-6-/t25-,26-,27-,29+,30+,31-,36+/m1/s1. The van der Waals surface area contributed by atoms with Crippen molar-refractivity contribution < 1.29 is 33.8 Å². The van der Waals surface area contributed by atoms with Crippen LogP contribution in [0.1, 0.15) is 56.9 Å². The Hall–Kier alpha value is -4.28. The Morgan fingerprint density at radius 1 is 0.978 bits per heavy atom. The normalized spacial score (nSPS) is 31.4. The van der Waals surface area contributed by atoms with Gasteiger partial charge in [-0.25, -0.2) is 0 Å². The number of hydrogen-bond acceptors (Lipinski definition) is 7. The number of nitrogens with zero attached hydrogens (tertiary/aromatic N) is 2. The van der Waals surface area contributed by atoms with Gasteiger partial charge in [-0.1, -0.05) is 85.0 Å². The largest absolute Gasteiger partial charge is 0.455 e. The third-order valence-corrected chi connectivity index (χ3v) is 9.49. The van der Waals surface area contributed by atoms with Crippen LogP contribution in [0.25, 0.3) is 0 Å². The van der Waals surface area contributed by atoms with E-state index >= 15 is 0 Å². The third kappa shape index (κ3) is 5.54. The highest BCUT2D eigenvalue weighted by Gasteiger charge is 2.74. The Morgan fingerprint density at radius 3 is 2.35 bits per heavy atom. The maximum Gasteiger partial charge on any atom is 0.313 e. The van der Waals surface area contributed by atoms with Gasteiger partial charge in [-0.2, -0.15) is 0 Å². The molecule has 5 bridgehead atoms. The highest BCUT2D eigenvalue weighted by atomic mass is 16.6. The number of aliphatic hydroxyl groups excluding tert-OH is 1. The van der Waals surface area contributed by atoms with E-state index in [2.05, 4.69) is 5.32 Å². The van der Waals surface area contributed by atoms with E-state index in [1.807, 2.05) is 93.6 Å². The predicted molar refractivity (Wildman–Crippen MR) is 169 cm³/mol. The smallest absolute Gasteiger partial charge is 0.313 e. The minimum Gasteiger partial charge on any atom is -0.455 e. The third-order valence-electron chi connectivity index (χ3n) is 9.49. The van der Waals surface area contributed by atoms with Gasteiger partial charge in [-0.3, -0.25) is 19.2 Å². The van der Waals surface area contributed by atoms with E-state index in [1.54, 1.807) is 17.1 Å². The van der Waals surface area contributed by atoms with Crippen molar-refractivity contribution in [3.8, 4) is 0 Å². The highest BCUT2D eigenvalue weighted by molar-refractivity contribution is 5.99. The van der Waals surface area contributed by atoms with Gasteiger partial charge < -0.3 is 29.7 Å². The van der Waals surface area contributed by atoms with Crippen molar-refractivity contribution in [2.24, 2.45) is 11.8 Å². The molecule has 2 aromatic carbocycles. The van der Waals surface area contributed by atoms with Crippen molar-refractivity contribution in [1.29, 1.82) is 0 Å². The molecule has 2 saturated heterocycles. The second kappa shape index (κ2) is 12.5. The van der Waals surface area contributed by atoms with Gasteiger partial charge in [0.15, 0.2) is 0 Å². The molecular weight excluding hydrogens is 586 g/mol. The van der Waals surface area contributed by atoms with E-state index in [0.29, 0.717) is 17.5 Å². The van der Waals surface area contributed by atoms with Crippen molar-refractivity contribution in [2.45, 2.75) is 69.0 Å². The molecular formula is C36H41N3O7. The number of amides is 3. The van der Waals surface area contributed by atoms with Crippen molar-refractivity contribution in [1.82, 2.24) is 15.1 Å². The van der Waals surface area contributed by atoms with Crippen LogP contribution in [0, 0.1) is 11.8 Å². The summed E-state index contributed by atoms with van der Waals surface area (Å²) in [4.78, 5) is 59.6. The lowest BCUT2D eigenvalue weighted by molar-refractivity contribution is -0.161. The molecule has 2 N–H and O–H groups in total. The fraction of sp³-hybridized carbons (Fsp3) is 0.444. The Bertz CT molecular complexity index is 1540. The Kier molecular flexibility index (Phi) is 8.60. The molecule has 3 amide bonds. The number of ether oxygens (including phenoxy) is 2. The van der Waals surface area contributed by atoms with Crippen molar-refractivity contribution in [2.75, 3.05) is 19.7 Å². The highest BCUT2D eigenvalue weighted by Crippen LogP contribution is 2.57. The van der Waals surface area contributed by atoms with Crippen LogP contribution in [0.2, 0.25) is 0 Å². The van der Waals surface area contributed by atoms with Crippen LogP contribution in [0.4, 0.5) is 0 Å². The maximum absolute atomic E-state index is 14.9. The van der Waals surface area contributed by atoms with Gasteiger partial charge in [-0.15, -0.1) is 0 Å². The zero-order valence-corrected chi connectivity index (χ0v) is 26.4. The van der Waals surface area contributed by atoms with E-state index in [0.717, 1.165) is 0 Å².